The van der Waals surface area contributed by atoms with Gasteiger partial charge in [-0.25, -0.2) is 4.98 Å². The van der Waals surface area contributed by atoms with E-state index >= 15 is 0 Å². The van der Waals surface area contributed by atoms with Crippen molar-refractivity contribution in [2.75, 3.05) is 0 Å². The zero-order chi connectivity index (χ0) is 21.4. The molecule has 0 bridgehead atoms. The van der Waals surface area contributed by atoms with Gasteiger partial charge in [0.2, 0.25) is 0 Å². The SMILES string of the molecule is O=C(c1cn[nH]c1)N(Cc1ccc2ncc(Cl)cc2c1)Cc1ncn2ccc(Cl)cc12. The Balaban J connectivity index is 1.51. The van der Waals surface area contributed by atoms with Gasteiger partial charge in [-0.15, -0.1) is 0 Å². The van der Waals surface area contributed by atoms with Gasteiger partial charge >= 0.3 is 0 Å². The van der Waals surface area contributed by atoms with Gasteiger partial charge in [0.15, 0.2) is 0 Å². The van der Waals surface area contributed by atoms with Crippen LogP contribution in [0.2, 0.25) is 10.0 Å². The van der Waals surface area contributed by atoms with Crippen LogP contribution in [-0.2, 0) is 13.1 Å². The highest BCUT2D eigenvalue weighted by atomic mass is 35.5. The Bertz CT molecular complexity index is 1400. The highest BCUT2D eigenvalue weighted by molar-refractivity contribution is 6.31. The van der Waals surface area contributed by atoms with E-state index in [1.807, 2.05) is 40.9 Å². The number of nitrogens with one attached hydrogen (secondary N) is 1. The topological polar surface area (TPSA) is 79.2 Å². The first-order valence-electron chi connectivity index (χ1n) is 9.50. The molecular formula is C22H16Cl2N6O. The van der Waals surface area contributed by atoms with E-state index in [4.69, 9.17) is 23.2 Å². The Labute approximate surface area is 187 Å². The van der Waals surface area contributed by atoms with Crippen LogP contribution in [0.4, 0.5) is 0 Å². The van der Waals surface area contributed by atoms with Crippen LogP contribution >= 0.6 is 23.2 Å². The van der Waals surface area contributed by atoms with E-state index in [1.54, 1.807) is 29.7 Å². The molecule has 0 aliphatic carbocycles. The Kier molecular flexibility index (Phi) is 5.05. The summed E-state index contributed by atoms with van der Waals surface area (Å²) in [6, 6.07) is 11.4. The average Bonchev–Trinajstić information content (AvgIpc) is 3.43. The average molecular weight is 451 g/mol. The van der Waals surface area contributed by atoms with Crippen molar-refractivity contribution in [2.45, 2.75) is 13.1 Å². The van der Waals surface area contributed by atoms with Gasteiger partial charge in [0.1, 0.15) is 0 Å². The molecule has 4 heterocycles. The molecule has 0 fully saturated rings. The van der Waals surface area contributed by atoms with Gasteiger partial charge in [-0.3, -0.25) is 14.9 Å². The maximum Gasteiger partial charge on any atom is 0.257 e. The molecule has 7 nitrogen and oxygen atoms in total. The van der Waals surface area contributed by atoms with Crippen LogP contribution in [0.5, 0.6) is 0 Å². The fraction of sp³-hybridized carbons (Fsp3) is 0.0909. The van der Waals surface area contributed by atoms with Crippen molar-refractivity contribution in [1.82, 2.24) is 29.5 Å². The van der Waals surface area contributed by atoms with Gasteiger partial charge in [-0.05, 0) is 35.9 Å². The molecule has 4 aromatic heterocycles. The lowest BCUT2D eigenvalue weighted by Gasteiger charge is -2.22. The van der Waals surface area contributed by atoms with Crippen molar-refractivity contribution in [3.63, 3.8) is 0 Å². The molecule has 0 saturated carbocycles. The second-order valence-electron chi connectivity index (χ2n) is 7.16. The van der Waals surface area contributed by atoms with Crippen molar-refractivity contribution < 1.29 is 4.79 Å². The predicted molar refractivity (Wildman–Crippen MR) is 119 cm³/mol. The van der Waals surface area contributed by atoms with E-state index in [1.165, 1.54) is 6.20 Å². The van der Waals surface area contributed by atoms with Crippen LogP contribution in [0.1, 0.15) is 21.6 Å². The molecule has 31 heavy (non-hydrogen) atoms. The molecule has 1 aromatic carbocycles. The molecule has 154 valence electrons. The number of halogens is 2. The number of imidazole rings is 1. The van der Waals surface area contributed by atoms with Crippen LogP contribution in [0.3, 0.4) is 0 Å². The minimum absolute atomic E-state index is 0.152. The van der Waals surface area contributed by atoms with Gasteiger partial charge in [-0.2, -0.15) is 5.10 Å². The zero-order valence-electron chi connectivity index (χ0n) is 16.2. The van der Waals surface area contributed by atoms with Gasteiger partial charge in [0.05, 0.1) is 46.4 Å². The summed E-state index contributed by atoms with van der Waals surface area (Å²) in [6.45, 7) is 0.693. The lowest BCUT2D eigenvalue weighted by Crippen LogP contribution is -2.30. The van der Waals surface area contributed by atoms with E-state index in [0.717, 1.165) is 27.7 Å². The Morgan fingerprint density at radius 1 is 1.03 bits per heavy atom. The van der Waals surface area contributed by atoms with Crippen LogP contribution in [0.15, 0.2) is 67.5 Å². The Morgan fingerprint density at radius 2 is 1.94 bits per heavy atom. The number of amides is 1. The van der Waals surface area contributed by atoms with Gasteiger partial charge in [0.25, 0.3) is 5.91 Å². The molecule has 5 rings (SSSR count). The third-order valence-electron chi connectivity index (χ3n) is 5.04. The largest absolute Gasteiger partial charge is 0.328 e. The number of benzene rings is 1. The molecule has 1 amide bonds. The van der Waals surface area contributed by atoms with Crippen molar-refractivity contribution >= 4 is 45.5 Å². The first-order valence-corrected chi connectivity index (χ1v) is 10.3. The number of carbonyl (C=O) groups is 1. The second-order valence-corrected chi connectivity index (χ2v) is 8.03. The van der Waals surface area contributed by atoms with Gasteiger partial charge in [-0.1, -0.05) is 29.3 Å². The summed E-state index contributed by atoms with van der Waals surface area (Å²) in [5.74, 6) is -0.152. The lowest BCUT2D eigenvalue weighted by molar-refractivity contribution is 0.0729. The number of carbonyl (C=O) groups excluding carboxylic acids is 1. The quantitative estimate of drug-likeness (QED) is 0.418. The van der Waals surface area contributed by atoms with Gasteiger partial charge in [0, 0.05) is 35.5 Å². The third-order valence-corrected chi connectivity index (χ3v) is 5.48. The zero-order valence-corrected chi connectivity index (χ0v) is 17.7. The number of H-pyrrole nitrogens is 1. The van der Waals surface area contributed by atoms with Crippen molar-refractivity contribution in [1.29, 1.82) is 0 Å². The summed E-state index contributed by atoms with van der Waals surface area (Å²) < 4.78 is 1.88. The van der Waals surface area contributed by atoms with Crippen molar-refractivity contribution in [3.05, 3.63) is 94.4 Å². The highest BCUT2D eigenvalue weighted by Crippen LogP contribution is 2.22. The van der Waals surface area contributed by atoms with E-state index in [9.17, 15) is 4.79 Å². The summed E-state index contributed by atoms with van der Waals surface area (Å²) in [6.07, 6.45) is 8.28. The monoisotopic (exact) mass is 450 g/mol. The normalized spacial score (nSPS) is 11.3. The number of rotatable bonds is 5. The van der Waals surface area contributed by atoms with E-state index in [2.05, 4.69) is 20.2 Å². The van der Waals surface area contributed by atoms with Crippen LogP contribution < -0.4 is 0 Å². The maximum absolute atomic E-state index is 13.2. The number of pyridine rings is 2. The summed E-state index contributed by atoms with van der Waals surface area (Å²) in [4.78, 5) is 23.8. The van der Waals surface area contributed by atoms with Crippen LogP contribution in [0.25, 0.3) is 16.4 Å². The maximum atomic E-state index is 13.2. The molecule has 0 atom stereocenters. The summed E-state index contributed by atoms with van der Waals surface area (Å²) in [5, 5.41) is 8.70. The van der Waals surface area contributed by atoms with E-state index < -0.39 is 0 Å². The molecular weight excluding hydrogens is 435 g/mol. The Hall–Kier alpha value is -3.42. The minimum Gasteiger partial charge on any atom is -0.328 e. The summed E-state index contributed by atoms with van der Waals surface area (Å²) in [5.41, 5.74) is 3.88. The number of hydrogen-bond acceptors (Lipinski definition) is 4. The number of nitrogens with zero attached hydrogens (tertiary/aromatic N) is 5. The molecule has 0 radical (unpaired) electrons. The first-order chi connectivity index (χ1) is 15.1. The molecule has 0 aliphatic rings. The fourth-order valence-electron chi connectivity index (χ4n) is 3.54. The van der Waals surface area contributed by atoms with E-state index in [0.29, 0.717) is 28.7 Å². The molecule has 0 aliphatic heterocycles. The number of hydrogen-bond donors (Lipinski definition) is 1. The van der Waals surface area contributed by atoms with Crippen molar-refractivity contribution in [2.24, 2.45) is 0 Å². The van der Waals surface area contributed by atoms with E-state index in [-0.39, 0.29) is 5.91 Å². The smallest absolute Gasteiger partial charge is 0.257 e. The number of aromatic nitrogens is 5. The van der Waals surface area contributed by atoms with Crippen LogP contribution in [0, 0.1) is 0 Å². The highest BCUT2D eigenvalue weighted by Gasteiger charge is 2.20. The molecule has 0 unspecified atom stereocenters. The van der Waals surface area contributed by atoms with Crippen molar-refractivity contribution in [3.8, 4) is 0 Å². The second kappa shape index (κ2) is 8.02. The summed E-state index contributed by atoms with van der Waals surface area (Å²) in [7, 11) is 0. The van der Waals surface area contributed by atoms with Crippen LogP contribution in [-0.4, -0.2) is 35.4 Å². The van der Waals surface area contributed by atoms with Gasteiger partial charge < -0.3 is 9.30 Å². The fourth-order valence-corrected chi connectivity index (χ4v) is 3.87. The third kappa shape index (κ3) is 3.97. The predicted octanol–water partition coefficient (Wildman–Crippen LogP) is 4.76. The molecule has 0 spiro atoms. The summed E-state index contributed by atoms with van der Waals surface area (Å²) >= 11 is 12.3. The molecule has 9 heteroatoms. The molecule has 5 aromatic rings. The Morgan fingerprint density at radius 3 is 2.77 bits per heavy atom. The lowest BCUT2D eigenvalue weighted by atomic mass is 10.1. The number of aromatic amines is 1. The first kappa shape index (κ1) is 19.5. The minimum atomic E-state index is -0.152. The number of fused-ring (bicyclic) bond motifs is 2. The molecule has 0 saturated heterocycles. The standard InChI is InChI=1S/C22H16Cl2N6O/c23-17-3-4-29-13-26-20(21(29)7-17)12-30(22(31)16-8-27-28-9-16)11-14-1-2-19-15(5-14)6-18(24)10-25-19/h1-10,13H,11-12H2,(H,27,28). The molecule has 1 N–H and O–H groups in total.